The van der Waals surface area contributed by atoms with Gasteiger partial charge in [0.15, 0.2) is 18.9 Å². The Bertz CT molecular complexity index is 1550. The summed E-state index contributed by atoms with van der Waals surface area (Å²) in [6.07, 6.45) is 13.7. The van der Waals surface area contributed by atoms with Gasteiger partial charge in [-0.05, 0) is 38.5 Å². The van der Waals surface area contributed by atoms with Gasteiger partial charge in [-0.3, -0.25) is 4.79 Å². The fourth-order valence-corrected chi connectivity index (χ4v) is 9.32. The van der Waals surface area contributed by atoms with Crippen LogP contribution in [-0.4, -0.2) is 193 Å². The fourth-order valence-electron chi connectivity index (χ4n) is 9.32. The molecule has 3 fully saturated rings. The zero-order valence-corrected chi connectivity index (χ0v) is 44.3. The number of amides is 1. The minimum atomic E-state index is -1.98. The predicted molar refractivity (Wildman–Crippen MR) is 277 cm³/mol. The first-order chi connectivity index (χ1) is 35.8. The Morgan fingerprint density at radius 2 is 0.905 bits per heavy atom. The minimum Gasteiger partial charge on any atom is -0.394 e. The number of hydrogen-bond acceptors (Lipinski definition) is 18. The third-order valence-electron chi connectivity index (χ3n) is 13.9. The van der Waals surface area contributed by atoms with E-state index in [-0.39, 0.29) is 18.9 Å². The third-order valence-corrected chi connectivity index (χ3v) is 13.9. The van der Waals surface area contributed by atoms with E-state index in [1.54, 1.807) is 0 Å². The van der Waals surface area contributed by atoms with Crippen molar-refractivity contribution in [1.29, 1.82) is 0 Å². The van der Waals surface area contributed by atoms with Gasteiger partial charge in [0.05, 0.1) is 38.6 Å². The maximum Gasteiger partial charge on any atom is 0.220 e. The Kier molecular flexibility index (Phi) is 34.9. The van der Waals surface area contributed by atoms with Gasteiger partial charge in [0.25, 0.3) is 0 Å². The summed E-state index contributed by atoms with van der Waals surface area (Å²) in [6, 6.07) is -0.924. The Morgan fingerprint density at radius 1 is 0.500 bits per heavy atom. The average Bonchev–Trinajstić information content (AvgIpc) is 3.40. The van der Waals surface area contributed by atoms with E-state index in [0.717, 1.165) is 44.9 Å². The lowest BCUT2D eigenvalue weighted by molar-refractivity contribution is -0.379. The minimum absolute atomic E-state index is 0.144. The molecule has 0 aromatic heterocycles. The molecule has 0 spiro atoms. The van der Waals surface area contributed by atoms with Crippen molar-refractivity contribution in [2.24, 2.45) is 0 Å². The first-order valence-corrected chi connectivity index (χ1v) is 27.9. The van der Waals surface area contributed by atoms with Crippen LogP contribution in [0.4, 0.5) is 0 Å². The van der Waals surface area contributed by atoms with E-state index in [9.17, 15) is 61.0 Å². The Labute approximate surface area is 440 Å². The average molecular weight is 1060 g/mol. The van der Waals surface area contributed by atoms with Gasteiger partial charge < -0.3 is 89.9 Å². The summed E-state index contributed by atoms with van der Waals surface area (Å²) >= 11 is 0. The van der Waals surface area contributed by atoms with Crippen LogP contribution < -0.4 is 5.32 Å². The van der Waals surface area contributed by atoms with E-state index >= 15 is 0 Å². The van der Waals surface area contributed by atoms with Crippen molar-refractivity contribution in [3.63, 3.8) is 0 Å². The molecule has 3 aliphatic rings. The third kappa shape index (κ3) is 23.8. The van der Waals surface area contributed by atoms with Crippen LogP contribution in [0.15, 0.2) is 48.6 Å². The molecule has 0 aliphatic carbocycles. The highest BCUT2D eigenvalue weighted by molar-refractivity contribution is 5.76. The van der Waals surface area contributed by atoms with Gasteiger partial charge in [0.1, 0.15) is 73.2 Å². The van der Waals surface area contributed by atoms with Crippen molar-refractivity contribution in [3.05, 3.63) is 48.6 Å². The quantitative estimate of drug-likeness (QED) is 0.0310. The molecule has 0 aromatic carbocycles. The molecule has 74 heavy (non-hydrogen) atoms. The predicted octanol–water partition coefficient (Wildman–Crippen LogP) is 3.53. The number of unbranched alkanes of at least 4 members (excludes halogenated alkanes) is 15. The van der Waals surface area contributed by atoms with Crippen molar-refractivity contribution < 1.29 is 89.4 Å². The smallest absolute Gasteiger partial charge is 0.220 e. The Balaban J connectivity index is 1.54. The largest absolute Gasteiger partial charge is 0.394 e. The summed E-state index contributed by atoms with van der Waals surface area (Å²) in [4.78, 5) is 13.2. The van der Waals surface area contributed by atoms with E-state index in [0.29, 0.717) is 19.3 Å². The highest BCUT2D eigenvalue weighted by Gasteiger charge is 2.53. The van der Waals surface area contributed by atoms with Crippen molar-refractivity contribution in [2.75, 3.05) is 26.4 Å². The molecule has 17 unspecified atom stereocenters. The zero-order valence-electron chi connectivity index (χ0n) is 44.3. The summed E-state index contributed by atoms with van der Waals surface area (Å²) in [6.45, 7) is 1.59. The number of rotatable bonds is 39. The molecule has 17 atom stereocenters. The van der Waals surface area contributed by atoms with Crippen LogP contribution in [0.3, 0.4) is 0 Å². The number of ether oxygens (including phenoxy) is 6. The molecule has 0 aromatic rings. The molecule has 1 amide bonds. The van der Waals surface area contributed by atoms with Gasteiger partial charge in [-0.15, -0.1) is 0 Å². The van der Waals surface area contributed by atoms with E-state index in [2.05, 4.69) is 55.6 Å². The number of aliphatic hydroxyl groups is 11. The number of nitrogens with one attached hydrogen (secondary N) is 1. The molecule has 3 aliphatic heterocycles. The zero-order chi connectivity index (χ0) is 54.1. The van der Waals surface area contributed by atoms with Crippen LogP contribution in [0.1, 0.15) is 162 Å². The standard InChI is InChI=1S/C55H97NO18/c1-3-5-7-9-11-13-15-17-18-19-21-22-24-26-28-30-32-39(60)38(56-43(61)33-31-29-27-25-23-20-16-14-12-10-8-6-4-2)37-69-53-49(67)46(64)51(41(35-58)71-53)74-55-50(68)47(65)52(42(36-59)72-55)73-54-48(66)45(63)44(62)40(34-57)70-54/h6,8,12,14,20,23,27,29,38-42,44-55,57-60,62-68H,3-5,7,9-11,13,15-19,21-22,24-26,28,30-37H2,1-2H3,(H,56,61)/b8-6-,14-12-,23-20-,29-27-. The highest BCUT2D eigenvalue weighted by atomic mass is 16.8. The lowest BCUT2D eigenvalue weighted by Gasteiger charge is -2.48. The van der Waals surface area contributed by atoms with Crippen LogP contribution in [0, 0.1) is 0 Å². The summed E-state index contributed by atoms with van der Waals surface area (Å²) in [5.41, 5.74) is 0. The summed E-state index contributed by atoms with van der Waals surface area (Å²) in [7, 11) is 0. The molecular formula is C55H97NO18. The van der Waals surface area contributed by atoms with Gasteiger partial charge in [-0.1, -0.05) is 165 Å². The van der Waals surface area contributed by atoms with Gasteiger partial charge in [0, 0.05) is 6.42 Å². The molecule has 430 valence electrons. The van der Waals surface area contributed by atoms with E-state index < -0.39 is 124 Å². The second-order valence-corrected chi connectivity index (χ2v) is 20.0. The van der Waals surface area contributed by atoms with Gasteiger partial charge >= 0.3 is 0 Å². The molecule has 0 saturated carbocycles. The molecule has 3 heterocycles. The van der Waals surface area contributed by atoms with Gasteiger partial charge in [-0.25, -0.2) is 0 Å². The van der Waals surface area contributed by atoms with Gasteiger partial charge in [0.2, 0.25) is 5.91 Å². The second-order valence-electron chi connectivity index (χ2n) is 20.0. The molecule has 3 rings (SSSR count). The molecule has 12 N–H and O–H groups in total. The molecular weight excluding hydrogens is 963 g/mol. The van der Waals surface area contributed by atoms with Crippen molar-refractivity contribution in [2.45, 2.75) is 266 Å². The van der Waals surface area contributed by atoms with Crippen LogP contribution >= 0.6 is 0 Å². The molecule has 3 saturated heterocycles. The van der Waals surface area contributed by atoms with Crippen molar-refractivity contribution in [3.8, 4) is 0 Å². The van der Waals surface area contributed by atoms with Crippen LogP contribution in [0.5, 0.6) is 0 Å². The van der Waals surface area contributed by atoms with Crippen LogP contribution in [-0.2, 0) is 33.2 Å². The van der Waals surface area contributed by atoms with E-state index in [1.165, 1.54) is 77.0 Å². The van der Waals surface area contributed by atoms with Crippen LogP contribution in [0.2, 0.25) is 0 Å². The lowest BCUT2D eigenvalue weighted by Crippen LogP contribution is -2.66. The van der Waals surface area contributed by atoms with Gasteiger partial charge in [-0.2, -0.15) is 0 Å². The summed E-state index contributed by atoms with van der Waals surface area (Å²) < 4.78 is 34.2. The first kappa shape index (κ1) is 66.0. The maximum atomic E-state index is 13.2. The number of carbonyl (C=O) groups excluding carboxylic acids is 1. The normalized spacial score (nSPS) is 31.8. The number of hydrogen-bond donors (Lipinski definition) is 12. The Hall–Kier alpha value is -2.25. The second kappa shape index (κ2) is 39.2. The highest BCUT2D eigenvalue weighted by Crippen LogP contribution is 2.33. The van der Waals surface area contributed by atoms with Crippen molar-refractivity contribution in [1.82, 2.24) is 5.32 Å². The lowest BCUT2D eigenvalue weighted by atomic mass is 9.96. The monoisotopic (exact) mass is 1060 g/mol. The number of carbonyl (C=O) groups is 1. The summed E-state index contributed by atoms with van der Waals surface area (Å²) in [5.74, 6) is -0.325. The van der Waals surface area contributed by atoms with Crippen molar-refractivity contribution >= 4 is 5.91 Å². The number of aliphatic hydroxyl groups excluding tert-OH is 11. The topological polar surface area (TPSA) is 307 Å². The number of allylic oxidation sites excluding steroid dienone is 8. The first-order valence-electron chi connectivity index (χ1n) is 27.9. The fraction of sp³-hybridized carbons (Fsp3) is 0.836. The molecule has 19 nitrogen and oxygen atoms in total. The SMILES string of the molecule is CC/C=C\C/C=C\C/C=C\C/C=C\CCC(=O)NC(COC1OC(CO)C(OC2OC(CO)C(OC3OC(CO)C(O)C(O)C3O)C(O)C2O)C(O)C1O)C(O)CCCCCCCCCCCCCCCCCC. The van der Waals surface area contributed by atoms with E-state index in [1.807, 2.05) is 12.2 Å². The molecule has 0 bridgehead atoms. The summed E-state index contributed by atoms with van der Waals surface area (Å²) in [5, 5.41) is 120. The van der Waals surface area contributed by atoms with E-state index in [4.69, 9.17) is 28.4 Å². The molecule has 19 heteroatoms. The van der Waals surface area contributed by atoms with Crippen LogP contribution in [0.25, 0.3) is 0 Å². The maximum absolute atomic E-state index is 13.2. The Morgan fingerprint density at radius 3 is 1.38 bits per heavy atom. The molecule has 0 radical (unpaired) electrons.